The molecule has 2 fully saturated rings. The smallest absolute Gasteiger partial charge is 0.414 e. The lowest BCUT2D eigenvalue weighted by Gasteiger charge is -2.34. The molecule has 184 valence electrons. The second-order valence-electron chi connectivity index (χ2n) is 7.75. The van der Waals surface area contributed by atoms with Crippen molar-refractivity contribution in [3.63, 3.8) is 0 Å². The van der Waals surface area contributed by atoms with Crippen molar-refractivity contribution >= 4 is 52.4 Å². The Morgan fingerprint density at radius 1 is 1.24 bits per heavy atom. The van der Waals surface area contributed by atoms with Crippen LogP contribution in [0.4, 0.5) is 21.2 Å². The third-order valence-electron chi connectivity index (χ3n) is 5.55. The number of amides is 3. The van der Waals surface area contributed by atoms with E-state index in [1.165, 1.54) is 23.8 Å². The molecule has 1 aromatic heterocycles. The Balaban J connectivity index is 0.00000140. The van der Waals surface area contributed by atoms with E-state index in [-0.39, 0.29) is 25.9 Å². The Labute approximate surface area is 203 Å². The number of benzene rings is 1. The molecule has 0 unspecified atom stereocenters. The molecular weight excluding hydrogens is 460 g/mol. The number of aryl methyl sites for hydroxylation is 1. The van der Waals surface area contributed by atoms with Crippen LogP contribution in [-0.4, -0.2) is 75.5 Å². The molecular formula is C23H30N4O6S. The van der Waals surface area contributed by atoms with Gasteiger partial charge in [-0.1, -0.05) is 0 Å². The number of nitrogens with zero attached hydrogens (tertiary/aromatic N) is 3. The minimum Gasteiger partial charge on any atom is -0.494 e. The van der Waals surface area contributed by atoms with Crippen molar-refractivity contribution < 1.29 is 30.1 Å². The van der Waals surface area contributed by atoms with E-state index in [2.05, 4.69) is 5.32 Å². The number of ether oxygens (including phenoxy) is 2. The van der Waals surface area contributed by atoms with Crippen LogP contribution in [0.25, 0.3) is 0 Å². The zero-order chi connectivity index (χ0) is 24.8. The third kappa shape index (κ3) is 5.48. The summed E-state index contributed by atoms with van der Waals surface area (Å²) in [5.41, 5.74) is 1.25. The van der Waals surface area contributed by atoms with Crippen molar-refractivity contribution in [3.8, 4) is 5.75 Å². The summed E-state index contributed by atoms with van der Waals surface area (Å²) in [5.74, 6) is 0.206. The Morgan fingerprint density at radius 3 is 2.62 bits per heavy atom. The molecule has 2 aliphatic rings. The lowest BCUT2D eigenvalue weighted by Crippen LogP contribution is -2.51. The van der Waals surface area contributed by atoms with Gasteiger partial charge in [0.05, 0.1) is 30.9 Å². The average Bonchev–Trinajstić information content (AvgIpc) is 3.43. The molecule has 2 saturated heterocycles. The second-order valence-corrected chi connectivity index (χ2v) is 9.04. The summed E-state index contributed by atoms with van der Waals surface area (Å²) in [7, 11) is 1.53. The Hall–Kier alpha value is -3.60. The van der Waals surface area contributed by atoms with Crippen molar-refractivity contribution in [2.24, 2.45) is 0 Å². The largest absolute Gasteiger partial charge is 0.494 e. The summed E-state index contributed by atoms with van der Waals surface area (Å²) in [4.78, 5) is 50.5. The first-order valence-corrected chi connectivity index (χ1v) is 11.5. The number of rotatable bonds is 6. The van der Waals surface area contributed by atoms with Gasteiger partial charge in [0.1, 0.15) is 25.2 Å². The summed E-state index contributed by atoms with van der Waals surface area (Å²) in [6.45, 7) is 7.33. The standard InChI is InChI=1S/C22H26N4O5S.CH2O.H2/c1-14-4-7-20(32-14)23-11-17-12-26(22(29)31-17)18-6-5-16(10-19(18)30-3)25-9-8-24(15(2)27)13-21(25)28;1-2;/h4-7,10,17,23H,8-9,11-13H2,1-3H3;1H2;1H/t17-;;/m0../s1. The molecule has 3 heterocycles. The first-order chi connectivity index (χ1) is 16.4. The fraction of sp³-hybridized carbons (Fsp3) is 0.391. The summed E-state index contributed by atoms with van der Waals surface area (Å²) >= 11 is 1.65. The number of carbonyl (C=O) groups is 4. The van der Waals surface area contributed by atoms with Crippen LogP contribution in [0.2, 0.25) is 0 Å². The minimum atomic E-state index is -0.434. The Kier molecular flexibility index (Phi) is 8.11. The second kappa shape index (κ2) is 11.0. The van der Waals surface area contributed by atoms with Gasteiger partial charge in [-0.3, -0.25) is 14.5 Å². The van der Waals surface area contributed by atoms with Crippen molar-refractivity contribution in [1.29, 1.82) is 0 Å². The predicted molar refractivity (Wildman–Crippen MR) is 132 cm³/mol. The van der Waals surface area contributed by atoms with Gasteiger partial charge in [0.15, 0.2) is 0 Å². The van der Waals surface area contributed by atoms with Crippen LogP contribution in [0.1, 0.15) is 13.2 Å². The molecule has 0 spiro atoms. The van der Waals surface area contributed by atoms with E-state index in [0.717, 1.165) is 5.00 Å². The lowest BCUT2D eigenvalue weighted by atomic mass is 10.2. The number of cyclic esters (lactones) is 1. The summed E-state index contributed by atoms with van der Waals surface area (Å²) in [6, 6.07) is 9.33. The third-order valence-corrected chi connectivity index (χ3v) is 6.51. The number of methoxy groups -OCH3 is 1. The maximum absolute atomic E-state index is 12.5. The van der Waals surface area contributed by atoms with Crippen molar-refractivity contribution in [3.05, 3.63) is 35.2 Å². The Morgan fingerprint density at radius 2 is 2.00 bits per heavy atom. The number of anilines is 3. The van der Waals surface area contributed by atoms with Crippen LogP contribution in [0.15, 0.2) is 30.3 Å². The van der Waals surface area contributed by atoms with Gasteiger partial charge in [0.2, 0.25) is 11.8 Å². The van der Waals surface area contributed by atoms with Gasteiger partial charge in [-0.2, -0.15) is 0 Å². The molecule has 1 N–H and O–H groups in total. The van der Waals surface area contributed by atoms with Crippen LogP contribution in [0, 0.1) is 6.92 Å². The highest BCUT2D eigenvalue weighted by Gasteiger charge is 2.34. The normalized spacial score (nSPS) is 17.7. The highest BCUT2D eigenvalue weighted by Crippen LogP contribution is 2.35. The summed E-state index contributed by atoms with van der Waals surface area (Å²) < 4.78 is 11.1. The van der Waals surface area contributed by atoms with Crippen molar-refractivity contribution in [2.75, 3.05) is 55.0 Å². The van der Waals surface area contributed by atoms with Crippen LogP contribution < -0.4 is 19.9 Å². The number of nitrogens with one attached hydrogen (secondary N) is 1. The summed E-state index contributed by atoms with van der Waals surface area (Å²) in [6.07, 6.45) is -0.730. The van der Waals surface area contributed by atoms with E-state index in [0.29, 0.717) is 43.3 Å². The first-order valence-electron chi connectivity index (χ1n) is 10.7. The molecule has 1 atom stereocenters. The maximum atomic E-state index is 12.5. The number of carbonyl (C=O) groups excluding carboxylic acids is 4. The minimum absolute atomic E-state index is 0. The molecule has 34 heavy (non-hydrogen) atoms. The lowest BCUT2D eigenvalue weighted by molar-refractivity contribution is -0.135. The van der Waals surface area contributed by atoms with Crippen molar-refractivity contribution in [2.45, 2.75) is 20.0 Å². The van der Waals surface area contributed by atoms with Crippen molar-refractivity contribution in [1.82, 2.24) is 4.90 Å². The monoisotopic (exact) mass is 490 g/mol. The predicted octanol–water partition coefficient (Wildman–Crippen LogP) is 2.76. The fourth-order valence-corrected chi connectivity index (χ4v) is 4.62. The van der Waals surface area contributed by atoms with Gasteiger partial charge >= 0.3 is 6.09 Å². The molecule has 0 bridgehead atoms. The van der Waals surface area contributed by atoms with Gasteiger partial charge in [-0.25, -0.2) is 4.79 Å². The Bertz CT molecular complexity index is 1060. The molecule has 3 amide bonds. The molecule has 2 aromatic rings. The highest BCUT2D eigenvalue weighted by atomic mass is 32.1. The SMILES string of the molecule is C=O.COc1cc(N2CCN(C(C)=O)CC2=O)ccc1N1C[C@H](CNc2ccc(C)s2)OC1=O.[HH]. The van der Waals surface area contributed by atoms with E-state index in [1.807, 2.05) is 25.8 Å². The van der Waals surface area contributed by atoms with Gasteiger partial charge < -0.3 is 29.4 Å². The zero-order valence-corrected chi connectivity index (χ0v) is 20.2. The first kappa shape index (κ1) is 25.0. The molecule has 10 nitrogen and oxygen atoms in total. The van der Waals surface area contributed by atoms with Crippen LogP contribution in [0.5, 0.6) is 5.75 Å². The number of hydrogen-bond acceptors (Lipinski definition) is 8. The topological polar surface area (TPSA) is 108 Å². The van der Waals surface area contributed by atoms with Gasteiger partial charge in [-0.05, 0) is 31.2 Å². The summed E-state index contributed by atoms with van der Waals surface area (Å²) in [5, 5.41) is 4.34. The zero-order valence-electron chi connectivity index (χ0n) is 19.4. The molecule has 0 aliphatic carbocycles. The van der Waals surface area contributed by atoms with E-state index >= 15 is 0 Å². The van der Waals surface area contributed by atoms with Gasteiger partial charge in [-0.15, -0.1) is 11.3 Å². The molecule has 2 aliphatic heterocycles. The molecule has 0 radical (unpaired) electrons. The van der Waals surface area contributed by atoms with Gasteiger partial charge in [0, 0.05) is 38.1 Å². The van der Waals surface area contributed by atoms with E-state index in [9.17, 15) is 14.4 Å². The van der Waals surface area contributed by atoms with Crippen LogP contribution in [0.3, 0.4) is 0 Å². The van der Waals surface area contributed by atoms with E-state index in [4.69, 9.17) is 14.3 Å². The number of hydrogen-bond donors (Lipinski definition) is 1. The van der Waals surface area contributed by atoms with Crippen LogP contribution in [-0.2, 0) is 19.1 Å². The van der Waals surface area contributed by atoms with E-state index < -0.39 is 6.09 Å². The quantitative estimate of drug-likeness (QED) is 0.663. The molecule has 0 saturated carbocycles. The molecule has 11 heteroatoms. The molecule has 1 aromatic carbocycles. The van der Waals surface area contributed by atoms with Gasteiger partial charge in [0.25, 0.3) is 0 Å². The highest BCUT2D eigenvalue weighted by molar-refractivity contribution is 7.16. The van der Waals surface area contributed by atoms with Crippen LogP contribution >= 0.6 is 11.3 Å². The number of thiophene rings is 1. The maximum Gasteiger partial charge on any atom is 0.414 e. The fourth-order valence-electron chi connectivity index (χ4n) is 3.84. The average molecular weight is 491 g/mol. The molecule has 4 rings (SSSR count). The number of piperazine rings is 1. The van der Waals surface area contributed by atoms with E-state index in [1.54, 1.807) is 39.3 Å².